The lowest BCUT2D eigenvalue weighted by Crippen LogP contribution is -2.26. The number of nitrogens with one attached hydrogen (secondary N) is 1. The Morgan fingerprint density at radius 2 is 2.18 bits per heavy atom. The predicted molar refractivity (Wildman–Crippen MR) is 79.9 cm³/mol. The third kappa shape index (κ3) is 3.87. The molecule has 116 valence electrons. The minimum Gasteiger partial charge on any atom is -0.492 e. The van der Waals surface area contributed by atoms with Gasteiger partial charge in [0.25, 0.3) is 0 Å². The number of nitriles is 1. The second-order valence-corrected chi connectivity index (χ2v) is 6.20. The van der Waals surface area contributed by atoms with Crippen LogP contribution in [0.2, 0.25) is 0 Å². The molecule has 0 aliphatic heterocycles. The second-order valence-electron chi connectivity index (χ2n) is 4.43. The number of hydrogen-bond acceptors (Lipinski definition) is 5. The van der Waals surface area contributed by atoms with Crippen LogP contribution in [0.15, 0.2) is 45.9 Å². The van der Waals surface area contributed by atoms with E-state index in [-0.39, 0.29) is 17.0 Å². The highest BCUT2D eigenvalue weighted by Crippen LogP contribution is 2.22. The number of furan rings is 1. The molecule has 0 bridgehead atoms. The summed E-state index contributed by atoms with van der Waals surface area (Å²) in [5.41, 5.74) is 0.191. The Morgan fingerprint density at radius 3 is 2.82 bits per heavy atom. The molecule has 0 spiro atoms. The summed E-state index contributed by atoms with van der Waals surface area (Å²) in [5.74, 6) is 1.08. The van der Waals surface area contributed by atoms with Gasteiger partial charge in [0, 0.05) is 13.0 Å². The van der Waals surface area contributed by atoms with E-state index in [0.717, 1.165) is 0 Å². The zero-order valence-electron chi connectivity index (χ0n) is 12.1. The molecule has 0 atom stereocenters. The first-order chi connectivity index (χ1) is 10.6. The van der Waals surface area contributed by atoms with Crippen LogP contribution in [0.25, 0.3) is 0 Å². The number of rotatable bonds is 7. The normalized spacial score (nSPS) is 11.1. The Labute approximate surface area is 129 Å². The molecule has 1 heterocycles. The standard InChI is InChI=1S/C15H16N2O4S/c1-2-20-15-6-5-14(10-12(15)11-16)22(18,19)17-8-7-13-4-3-9-21-13/h3-6,9-10,17H,2,7-8H2,1H3. The van der Waals surface area contributed by atoms with Crippen LogP contribution in [0, 0.1) is 11.3 Å². The highest BCUT2D eigenvalue weighted by molar-refractivity contribution is 7.89. The molecule has 6 nitrogen and oxygen atoms in total. The summed E-state index contributed by atoms with van der Waals surface area (Å²) in [6.07, 6.45) is 1.99. The molecule has 7 heteroatoms. The molecule has 0 unspecified atom stereocenters. The van der Waals surface area contributed by atoms with E-state index in [2.05, 4.69) is 4.72 Å². The van der Waals surface area contributed by atoms with E-state index in [1.54, 1.807) is 19.1 Å². The molecule has 1 N–H and O–H groups in total. The molecule has 1 aromatic carbocycles. The summed E-state index contributed by atoms with van der Waals surface area (Å²) in [4.78, 5) is 0.0342. The van der Waals surface area contributed by atoms with Gasteiger partial charge in [-0.25, -0.2) is 13.1 Å². The molecule has 0 radical (unpaired) electrons. The molecular formula is C15H16N2O4S. The molecule has 0 aliphatic rings. The highest BCUT2D eigenvalue weighted by Gasteiger charge is 2.16. The first-order valence-corrected chi connectivity index (χ1v) is 8.24. The summed E-state index contributed by atoms with van der Waals surface area (Å²) >= 11 is 0. The lowest BCUT2D eigenvalue weighted by molar-refractivity contribution is 0.339. The second kappa shape index (κ2) is 7.11. The minimum absolute atomic E-state index is 0.0342. The van der Waals surface area contributed by atoms with Gasteiger partial charge < -0.3 is 9.15 Å². The molecule has 1 aromatic heterocycles. The minimum atomic E-state index is -3.68. The van der Waals surface area contributed by atoms with Gasteiger partial charge in [-0.15, -0.1) is 0 Å². The summed E-state index contributed by atoms with van der Waals surface area (Å²) in [7, 11) is -3.68. The molecule has 0 amide bonds. The molecule has 0 saturated carbocycles. The van der Waals surface area contributed by atoms with Gasteiger partial charge in [0.15, 0.2) is 0 Å². The van der Waals surface area contributed by atoms with E-state index in [1.807, 2.05) is 6.07 Å². The van der Waals surface area contributed by atoms with Gasteiger partial charge in [-0.3, -0.25) is 0 Å². The van der Waals surface area contributed by atoms with E-state index in [1.165, 1.54) is 24.5 Å². The van der Waals surface area contributed by atoms with Crippen molar-refractivity contribution < 1.29 is 17.6 Å². The molecule has 2 rings (SSSR count). The molecule has 0 fully saturated rings. The topological polar surface area (TPSA) is 92.3 Å². The van der Waals surface area contributed by atoms with Gasteiger partial charge in [0.05, 0.1) is 23.3 Å². The van der Waals surface area contributed by atoms with Crippen LogP contribution < -0.4 is 9.46 Å². The summed E-state index contributed by atoms with van der Waals surface area (Å²) in [5, 5.41) is 9.08. The average molecular weight is 320 g/mol. The van der Waals surface area contributed by atoms with Crippen molar-refractivity contribution in [2.75, 3.05) is 13.2 Å². The Bertz CT molecular complexity index is 761. The first-order valence-electron chi connectivity index (χ1n) is 6.76. The lowest BCUT2D eigenvalue weighted by atomic mass is 10.2. The van der Waals surface area contributed by atoms with Crippen molar-refractivity contribution in [1.29, 1.82) is 5.26 Å². The quantitative estimate of drug-likeness (QED) is 0.843. The molecule has 22 heavy (non-hydrogen) atoms. The van der Waals surface area contributed by atoms with Gasteiger partial charge in [-0.05, 0) is 37.3 Å². The Balaban J connectivity index is 2.10. The third-order valence-corrected chi connectivity index (χ3v) is 4.38. The average Bonchev–Trinajstić information content (AvgIpc) is 3.01. The van der Waals surface area contributed by atoms with Gasteiger partial charge >= 0.3 is 0 Å². The van der Waals surface area contributed by atoms with Gasteiger partial charge in [-0.2, -0.15) is 5.26 Å². The Kier molecular flexibility index (Phi) is 5.20. The van der Waals surface area contributed by atoms with Crippen LogP contribution in [0.4, 0.5) is 0 Å². The van der Waals surface area contributed by atoms with Gasteiger partial charge in [-0.1, -0.05) is 0 Å². The molecule has 0 aliphatic carbocycles. The lowest BCUT2D eigenvalue weighted by Gasteiger charge is -2.09. The van der Waals surface area contributed by atoms with Crippen LogP contribution in [0.3, 0.4) is 0 Å². The fourth-order valence-corrected chi connectivity index (χ4v) is 2.95. The van der Waals surface area contributed by atoms with E-state index in [0.29, 0.717) is 24.5 Å². The molecule has 0 saturated heterocycles. The summed E-state index contributed by atoms with van der Waals surface area (Å²) < 4.78 is 37.3. The summed E-state index contributed by atoms with van der Waals surface area (Å²) in [6, 6.07) is 9.67. The maximum absolute atomic E-state index is 12.2. The van der Waals surface area contributed by atoms with Crippen molar-refractivity contribution in [3.8, 4) is 11.8 Å². The largest absolute Gasteiger partial charge is 0.492 e. The fraction of sp³-hybridized carbons (Fsp3) is 0.267. The van der Waals surface area contributed by atoms with Gasteiger partial charge in [0.1, 0.15) is 17.6 Å². The third-order valence-electron chi connectivity index (χ3n) is 2.93. The van der Waals surface area contributed by atoms with E-state index in [4.69, 9.17) is 14.4 Å². The van der Waals surface area contributed by atoms with Crippen LogP contribution in [-0.2, 0) is 16.4 Å². The van der Waals surface area contributed by atoms with Crippen molar-refractivity contribution in [1.82, 2.24) is 4.72 Å². The Morgan fingerprint density at radius 1 is 1.36 bits per heavy atom. The van der Waals surface area contributed by atoms with Crippen molar-refractivity contribution in [3.05, 3.63) is 47.9 Å². The smallest absolute Gasteiger partial charge is 0.240 e. The van der Waals surface area contributed by atoms with Crippen molar-refractivity contribution in [2.45, 2.75) is 18.2 Å². The first kappa shape index (κ1) is 16.1. The Hall–Kier alpha value is -2.30. The van der Waals surface area contributed by atoms with E-state index >= 15 is 0 Å². The number of benzene rings is 1. The number of sulfonamides is 1. The monoisotopic (exact) mass is 320 g/mol. The SMILES string of the molecule is CCOc1ccc(S(=O)(=O)NCCc2ccco2)cc1C#N. The molecule has 2 aromatic rings. The van der Waals surface area contributed by atoms with Crippen LogP contribution in [-0.4, -0.2) is 21.6 Å². The zero-order chi connectivity index (χ0) is 16.0. The van der Waals surface area contributed by atoms with Crippen LogP contribution in [0.1, 0.15) is 18.2 Å². The molecular weight excluding hydrogens is 304 g/mol. The van der Waals surface area contributed by atoms with Crippen LogP contribution >= 0.6 is 0 Å². The van der Waals surface area contributed by atoms with Crippen molar-refractivity contribution >= 4 is 10.0 Å². The number of ether oxygens (including phenoxy) is 1. The zero-order valence-corrected chi connectivity index (χ0v) is 12.9. The maximum Gasteiger partial charge on any atom is 0.240 e. The highest BCUT2D eigenvalue weighted by atomic mass is 32.2. The van der Waals surface area contributed by atoms with E-state index in [9.17, 15) is 8.42 Å². The fourth-order valence-electron chi connectivity index (χ4n) is 1.89. The summed E-state index contributed by atoms with van der Waals surface area (Å²) in [6.45, 7) is 2.41. The van der Waals surface area contributed by atoms with Gasteiger partial charge in [0.2, 0.25) is 10.0 Å². The van der Waals surface area contributed by atoms with E-state index < -0.39 is 10.0 Å². The van der Waals surface area contributed by atoms with Crippen molar-refractivity contribution in [3.63, 3.8) is 0 Å². The maximum atomic E-state index is 12.2. The van der Waals surface area contributed by atoms with Crippen molar-refractivity contribution in [2.24, 2.45) is 0 Å². The predicted octanol–water partition coefficient (Wildman–Crippen LogP) is 2.07. The number of nitrogens with zero attached hydrogens (tertiary/aromatic N) is 1. The van der Waals surface area contributed by atoms with Crippen LogP contribution in [0.5, 0.6) is 5.75 Å². The number of hydrogen-bond donors (Lipinski definition) is 1.